The van der Waals surface area contributed by atoms with Crippen molar-refractivity contribution >= 4 is 11.8 Å². The van der Waals surface area contributed by atoms with Crippen LogP contribution < -0.4 is 4.74 Å². The van der Waals surface area contributed by atoms with E-state index in [0.29, 0.717) is 0 Å². The third-order valence-electron chi connectivity index (χ3n) is 2.28. The second-order valence-corrected chi connectivity index (χ2v) is 3.86. The minimum atomic E-state index is -5.08. The highest BCUT2D eigenvalue weighted by atomic mass is 19.4. The zero-order chi connectivity index (χ0) is 16.2. The largest absolute Gasteiger partial charge is 0.573 e. The number of aromatic nitrogens is 1. The SMILES string of the molecule is CCOC(=O)Cc1nc([N+](=O)[O-])c(OC(F)(F)F)cc1C. The lowest BCUT2D eigenvalue weighted by molar-refractivity contribution is -0.393. The van der Waals surface area contributed by atoms with Crippen LogP contribution >= 0.6 is 0 Å². The average Bonchev–Trinajstić information content (AvgIpc) is 2.30. The number of nitrogens with zero attached hydrogens (tertiary/aromatic N) is 2. The number of aryl methyl sites for hydroxylation is 1. The molecular formula is C11H11F3N2O5. The highest BCUT2D eigenvalue weighted by Gasteiger charge is 2.36. The lowest BCUT2D eigenvalue weighted by Crippen LogP contribution is -2.19. The van der Waals surface area contributed by atoms with Crippen LogP contribution in [0.5, 0.6) is 5.75 Å². The first-order valence-electron chi connectivity index (χ1n) is 5.70. The van der Waals surface area contributed by atoms with E-state index in [0.717, 1.165) is 6.07 Å². The van der Waals surface area contributed by atoms with E-state index in [9.17, 15) is 28.1 Å². The van der Waals surface area contributed by atoms with Gasteiger partial charge in [-0.25, -0.2) is 0 Å². The summed E-state index contributed by atoms with van der Waals surface area (Å²) >= 11 is 0. The van der Waals surface area contributed by atoms with Crippen molar-refractivity contribution < 1.29 is 32.4 Å². The maximum atomic E-state index is 12.2. The number of esters is 1. The Bertz CT molecular complexity index is 560. The smallest absolute Gasteiger partial charge is 0.466 e. The minimum absolute atomic E-state index is 0.0466. The molecule has 21 heavy (non-hydrogen) atoms. The van der Waals surface area contributed by atoms with E-state index in [1.807, 2.05) is 0 Å². The van der Waals surface area contributed by atoms with Crippen LogP contribution in [0.4, 0.5) is 19.0 Å². The molecule has 0 amide bonds. The van der Waals surface area contributed by atoms with Gasteiger partial charge in [0.05, 0.1) is 6.61 Å². The predicted molar refractivity (Wildman–Crippen MR) is 62.6 cm³/mol. The topological polar surface area (TPSA) is 91.6 Å². The average molecular weight is 308 g/mol. The first kappa shape index (κ1) is 16.7. The number of hydrogen-bond acceptors (Lipinski definition) is 6. The first-order chi connectivity index (χ1) is 9.64. The van der Waals surface area contributed by atoms with Crippen LogP contribution in [-0.4, -0.2) is 28.8 Å². The summed E-state index contributed by atoms with van der Waals surface area (Å²) in [5, 5.41) is 10.8. The fourth-order valence-electron chi connectivity index (χ4n) is 1.47. The molecule has 116 valence electrons. The molecule has 0 aliphatic carbocycles. The molecule has 0 unspecified atom stereocenters. The third kappa shape index (κ3) is 4.89. The number of alkyl halides is 3. The highest BCUT2D eigenvalue weighted by Crippen LogP contribution is 2.32. The molecule has 0 atom stereocenters. The van der Waals surface area contributed by atoms with E-state index in [2.05, 4.69) is 14.5 Å². The van der Waals surface area contributed by atoms with Gasteiger partial charge in [-0.1, -0.05) is 0 Å². The molecular weight excluding hydrogens is 297 g/mol. The van der Waals surface area contributed by atoms with E-state index in [1.54, 1.807) is 6.92 Å². The minimum Gasteiger partial charge on any atom is -0.466 e. The molecule has 1 aromatic rings. The first-order valence-corrected chi connectivity index (χ1v) is 5.70. The molecule has 0 spiro atoms. The van der Waals surface area contributed by atoms with Crippen molar-refractivity contribution in [3.05, 3.63) is 27.4 Å². The monoisotopic (exact) mass is 308 g/mol. The molecule has 0 aliphatic rings. The van der Waals surface area contributed by atoms with Gasteiger partial charge in [0.15, 0.2) is 5.69 Å². The number of rotatable bonds is 5. The Labute approximate surface area is 116 Å². The van der Waals surface area contributed by atoms with Crippen LogP contribution in [-0.2, 0) is 16.0 Å². The van der Waals surface area contributed by atoms with Gasteiger partial charge >= 0.3 is 18.1 Å². The van der Waals surface area contributed by atoms with Gasteiger partial charge < -0.3 is 19.6 Å². The summed E-state index contributed by atoms with van der Waals surface area (Å²) in [4.78, 5) is 24.4. The summed E-state index contributed by atoms with van der Waals surface area (Å²) < 4.78 is 44.8. The number of ether oxygens (including phenoxy) is 2. The van der Waals surface area contributed by atoms with Crippen LogP contribution in [0.15, 0.2) is 6.07 Å². The van der Waals surface area contributed by atoms with Crippen LogP contribution in [0.2, 0.25) is 0 Å². The zero-order valence-corrected chi connectivity index (χ0v) is 11.1. The molecule has 0 aromatic carbocycles. The number of carbonyl (C=O) groups is 1. The molecule has 1 aromatic heterocycles. The predicted octanol–water partition coefficient (Wildman–Crippen LogP) is 2.30. The highest BCUT2D eigenvalue weighted by molar-refractivity contribution is 5.72. The van der Waals surface area contributed by atoms with E-state index in [-0.39, 0.29) is 24.3 Å². The summed E-state index contributed by atoms with van der Waals surface area (Å²) in [6.07, 6.45) is -5.46. The summed E-state index contributed by atoms with van der Waals surface area (Å²) in [7, 11) is 0. The molecule has 1 heterocycles. The fraction of sp³-hybridized carbons (Fsp3) is 0.455. The molecule has 0 N–H and O–H groups in total. The van der Waals surface area contributed by atoms with Crippen molar-refractivity contribution in [1.82, 2.24) is 4.98 Å². The maximum Gasteiger partial charge on any atom is 0.573 e. The third-order valence-corrected chi connectivity index (χ3v) is 2.28. The van der Waals surface area contributed by atoms with Gasteiger partial charge in [0.25, 0.3) is 0 Å². The molecule has 0 fully saturated rings. The van der Waals surface area contributed by atoms with Gasteiger partial charge in [-0.2, -0.15) is 0 Å². The van der Waals surface area contributed by atoms with E-state index in [1.165, 1.54) is 6.92 Å². The molecule has 10 heteroatoms. The maximum absolute atomic E-state index is 12.2. The molecule has 0 aliphatic heterocycles. The number of halogens is 3. The normalized spacial score (nSPS) is 11.1. The van der Waals surface area contributed by atoms with Crippen molar-refractivity contribution in [3.8, 4) is 5.75 Å². The lowest BCUT2D eigenvalue weighted by atomic mass is 10.1. The van der Waals surface area contributed by atoms with Gasteiger partial charge in [-0.15, -0.1) is 13.2 Å². The van der Waals surface area contributed by atoms with Crippen LogP contribution in [0.25, 0.3) is 0 Å². The van der Waals surface area contributed by atoms with Crippen molar-refractivity contribution in [1.29, 1.82) is 0 Å². The van der Waals surface area contributed by atoms with Gasteiger partial charge in [-0.3, -0.25) is 4.79 Å². The standard InChI is InChI=1S/C11H11F3N2O5/c1-3-20-9(17)5-7-6(2)4-8(21-11(12,13)14)10(15-7)16(18)19/h4H,3,5H2,1-2H3. The summed E-state index contributed by atoms with van der Waals surface area (Å²) in [5.74, 6) is -2.83. The van der Waals surface area contributed by atoms with Crippen molar-refractivity contribution in [2.45, 2.75) is 26.6 Å². The van der Waals surface area contributed by atoms with E-state index in [4.69, 9.17) is 0 Å². The van der Waals surface area contributed by atoms with Crippen molar-refractivity contribution in [2.75, 3.05) is 6.61 Å². The Kier molecular flexibility index (Phi) is 5.06. The molecule has 7 nitrogen and oxygen atoms in total. The van der Waals surface area contributed by atoms with E-state index >= 15 is 0 Å². The van der Waals surface area contributed by atoms with Gasteiger partial charge in [0, 0.05) is 5.56 Å². The molecule has 0 saturated carbocycles. The Morgan fingerprint density at radius 2 is 2.10 bits per heavy atom. The Morgan fingerprint density at radius 1 is 1.48 bits per heavy atom. The number of pyridine rings is 1. The van der Waals surface area contributed by atoms with Crippen LogP contribution in [0, 0.1) is 17.0 Å². The summed E-state index contributed by atoms with van der Waals surface area (Å²) in [5.41, 5.74) is 0.0996. The number of hydrogen-bond donors (Lipinski definition) is 0. The number of nitro groups is 1. The summed E-state index contributed by atoms with van der Waals surface area (Å²) in [6, 6.07) is 0.813. The number of carbonyl (C=O) groups excluding carboxylic acids is 1. The fourth-order valence-corrected chi connectivity index (χ4v) is 1.47. The second kappa shape index (κ2) is 6.37. The van der Waals surface area contributed by atoms with Gasteiger partial charge in [-0.05, 0) is 29.8 Å². The Morgan fingerprint density at radius 3 is 2.57 bits per heavy atom. The van der Waals surface area contributed by atoms with Crippen molar-refractivity contribution in [2.24, 2.45) is 0 Å². The van der Waals surface area contributed by atoms with Gasteiger partial charge in [0.2, 0.25) is 5.75 Å². The van der Waals surface area contributed by atoms with Crippen LogP contribution in [0.1, 0.15) is 18.2 Å². The molecule has 1 rings (SSSR count). The Balaban J connectivity index is 3.18. The van der Waals surface area contributed by atoms with Crippen molar-refractivity contribution in [3.63, 3.8) is 0 Å². The quantitative estimate of drug-likeness (QED) is 0.471. The lowest BCUT2D eigenvalue weighted by Gasteiger charge is -2.10. The van der Waals surface area contributed by atoms with Gasteiger partial charge in [0.1, 0.15) is 6.42 Å². The Hall–Kier alpha value is -2.39. The van der Waals surface area contributed by atoms with Crippen LogP contribution in [0.3, 0.4) is 0 Å². The molecule has 0 bridgehead atoms. The zero-order valence-electron chi connectivity index (χ0n) is 11.1. The molecule has 0 saturated heterocycles. The van der Waals surface area contributed by atoms with E-state index < -0.39 is 28.8 Å². The second-order valence-electron chi connectivity index (χ2n) is 3.86. The molecule has 0 radical (unpaired) electrons. The summed E-state index contributed by atoms with van der Waals surface area (Å²) in [6.45, 7) is 3.03.